The number of rotatable bonds is 76. The van der Waals surface area contributed by atoms with E-state index in [0.717, 1.165) is 167 Å². The highest BCUT2D eigenvalue weighted by atomic mass is 31.2. The topological polar surface area (TPSA) is 237 Å². The van der Waals surface area contributed by atoms with Crippen LogP contribution in [0.4, 0.5) is 0 Å². The summed E-state index contributed by atoms with van der Waals surface area (Å²) < 4.78 is 68.5. The fraction of sp³-hybridized carbons (Fsp3) is 0.640. The van der Waals surface area contributed by atoms with Gasteiger partial charge in [0.05, 0.1) is 26.4 Å². The molecule has 0 fully saturated rings. The molecule has 0 rings (SSSR count). The molecule has 614 valence electrons. The molecular weight excluding hydrogens is 1400 g/mol. The quantitative estimate of drug-likeness (QED) is 0.0169. The molecule has 2 unspecified atom stereocenters. The van der Waals surface area contributed by atoms with Crippen LogP contribution in [-0.4, -0.2) is 96.7 Å². The Balaban J connectivity index is 5.53. The molecular formula is C89H146O17P2. The second-order valence-electron chi connectivity index (χ2n) is 26.9. The lowest BCUT2D eigenvalue weighted by molar-refractivity contribution is -0.161. The predicted molar refractivity (Wildman–Crippen MR) is 445 cm³/mol. The molecule has 3 N–H and O–H groups in total. The molecule has 0 aromatic rings. The SMILES string of the molecule is CC/C=C\C/C=C\C/C=C\C/C=C\C/C=C\C/C=C\CCC(=O)O[C@H](COC(=O)CCCCCCCCC/C=C\CCCCCC)COP(=O)(O)OCC(O)COP(=O)(O)OC[C@@H](COC(=O)CCCCCCCCC/C=C\CCCCCC)OC(=O)CC/C=C\C/C=C\C/C=C\C/C=C\C/C=C\C/C=C\CC. The minimum Gasteiger partial charge on any atom is -0.462 e. The Labute approximate surface area is 654 Å². The zero-order valence-corrected chi connectivity index (χ0v) is 69.0. The summed E-state index contributed by atoms with van der Waals surface area (Å²) in [6.45, 7) is 4.44. The summed E-state index contributed by atoms with van der Waals surface area (Å²) in [5, 5.41) is 10.7. The lowest BCUT2D eigenvalue weighted by atomic mass is 10.1. The van der Waals surface area contributed by atoms with Crippen LogP contribution in [0.3, 0.4) is 0 Å². The number of esters is 4. The molecule has 0 aliphatic carbocycles. The van der Waals surface area contributed by atoms with Crippen LogP contribution < -0.4 is 0 Å². The van der Waals surface area contributed by atoms with E-state index in [1.165, 1.54) is 51.4 Å². The van der Waals surface area contributed by atoms with Crippen molar-refractivity contribution < 1.29 is 80.2 Å². The zero-order chi connectivity index (χ0) is 78.9. The Bertz CT molecular complexity index is 2530. The molecule has 0 aliphatic rings. The molecule has 0 aromatic heterocycles. The molecule has 4 atom stereocenters. The molecule has 0 spiro atoms. The van der Waals surface area contributed by atoms with Gasteiger partial charge in [-0.1, -0.05) is 301 Å². The molecule has 0 amide bonds. The van der Waals surface area contributed by atoms with E-state index in [0.29, 0.717) is 38.5 Å². The van der Waals surface area contributed by atoms with E-state index in [4.69, 9.17) is 37.0 Å². The number of allylic oxidation sites excluding steroid dienone is 28. The van der Waals surface area contributed by atoms with E-state index in [-0.39, 0.29) is 25.7 Å². The molecule has 0 saturated carbocycles. The third-order valence-electron chi connectivity index (χ3n) is 16.7. The molecule has 108 heavy (non-hydrogen) atoms. The van der Waals surface area contributed by atoms with Gasteiger partial charge in [0, 0.05) is 25.7 Å². The van der Waals surface area contributed by atoms with Gasteiger partial charge in [0.15, 0.2) is 12.2 Å². The maximum atomic E-state index is 13.1. The van der Waals surface area contributed by atoms with Gasteiger partial charge >= 0.3 is 39.5 Å². The van der Waals surface area contributed by atoms with Crippen LogP contribution in [0.15, 0.2) is 170 Å². The number of unbranched alkanes of at least 4 members (excludes halogenated alkanes) is 22. The molecule has 0 aromatic carbocycles. The van der Waals surface area contributed by atoms with E-state index in [1.807, 2.05) is 36.5 Å². The van der Waals surface area contributed by atoms with E-state index in [1.54, 1.807) is 0 Å². The monoisotopic (exact) mass is 1550 g/mol. The van der Waals surface area contributed by atoms with Gasteiger partial charge in [-0.25, -0.2) is 9.13 Å². The standard InChI is InChI=1S/C89H146O17P2/c1-5-9-13-17-21-25-29-33-37-39-41-43-47-51-55-59-63-67-71-75-88(93)105-84(79-99-86(91)73-69-65-61-57-53-49-45-35-31-27-23-19-15-11-7-3)81-103-107(95,96)101-77-83(90)78-102-108(97,98)104-82-85(80-100-87(92)74-70-66-62-58-54-50-46-36-32-28-24-20-16-12-8-4)106-89(94)76-72-68-64-60-56-52-48-44-42-40-38-34-30-26-22-18-14-10-6-2/h9-10,13-14,21-22,25-28,31-34,37-38,41-44,51-52,55-56,63-64,67-68,83-85,90H,5-8,11-12,15-20,23-24,29-30,35-36,39-40,45-50,53-54,57-62,65-66,69-82H2,1-4H3,(H,95,96)(H,97,98)/b13-9-,14-10-,25-21-,26-22-,31-27-,32-28-,37-33-,38-34-,43-41-,44-42-,55-51-,56-52-,67-63-,68-64-/t84-,85-/m1/s1. The van der Waals surface area contributed by atoms with E-state index < -0.39 is 97.5 Å². The van der Waals surface area contributed by atoms with Gasteiger partial charge in [-0.2, -0.15) is 0 Å². The van der Waals surface area contributed by atoms with Gasteiger partial charge in [0.2, 0.25) is 0 Å². The van der Waals surface area contributed by atoms with Crippen molar-refractivity contribution in [1.82, 2.24) is 0 Å². The van der Waals surface area contributed by atoms with Crippen molar-refractivity contribution in [3.63, 3.8) is 0 Å². The van der Waals surface area contributed by atoms with Crippen molar-refractivity contribution in [1.29, 1.82) is 0 Å². The van der Waals surface area contributed by atoms with Crippen molar-refractivity contribution in [2.45, 2.75) is 329 Å². The molecule has 19 heteroatoms. The fourth-order valence-corrected chi connectivity index (χ4v) is 12.0. The van der Waals surface area contributed by atoms with Gasteiger partial charge in [-0.05, 0) is 154 Å². The van der Waals surface area contributed by atoms with Crippen molar-refractivity contribution in [2.24, 2.45) is 0 Å². The Hall–Kier alpha value is -5.58. The molecule has 17 nitrogen and oxygen atoms in total. The maximum absolute atomic E-state index is 13.1. The number of carbonyl (C=O) groups is 4. The minimum atomic E-state index is -5.01. The van der Waals surface area contributed by atoms with Crippen molar-refractivity contribution >= 4 is 39.5 Å². The average molecular weight is 1550 g/mol. The minimum absolute atomic E-state index is 0.0379. The second kappa shape index (κ2) is 79.5. The summed E-state index contributed by atoms with van der Waals surface area (Å²) in [6, 6.07) is 0. The first-order valence-electron chi connectivity index (χ1n) is 41.4. The highest BCUT2D eigenvalue weighted by Crippen LogP contribution is 2.45. The Morgan fingerprint density at radius 3 is 0.778 bits per heavy atom. The predicted octanol–water partition coefficient (Wildman–Crippen LogP) is 24.6. The highest BCUT2D eigenvalue weighted by molar-refractivity contribution is 7.47. The first-order valence-corrected chi connectivity index (χ1v) is 44.4. The second-order valence-corrected chi connectivity index (χ2v) is 29.8. The zero-order valence-electron chi connectivity index (χ0n) is 67.2. The van der Waals surface area contributed by atoms with Crippen LogP contribution in [0.25, 0.3) is 0 Å². The number of aliphatic hydroxyl groups excluding tert-OH is 1. The maximum Gasteiger partial charge on any atom is 0.472 e. The van der Waals surface area contributed by atoms with Crippen LogP contribution in [0.1, 0.15) is 310 Å². The number of aliphatic hydroxyl groups is 1. The third kappa shape index (κ3) is 78.5. The molecule has 0 radical (unpaired) electrons. The van der Waals surface area contributed by atoms with E-state index in [9.17, 15) is 43.2 Å². The first-order chi connectivity index (χ1) is 52.7. The van der Waals surface area contributed by atoms with Crippen molar-refractivity contribution in [3.8, 4) is 0 Å². The number of ether oxygens (including phenoxy) is 4. The lowest BCUT2D eigenvalue weighted by Crippen LogP contribution is -2.30. The smallest absolute Gasteiger partial charge is 0.462 e. The number of hydrogen-bond acceptors (Lipinski definition) is 15. The summed E-state index contributed by atoms with van der Waals surface area (Å²) in [7, 11) is -10.0. The van der Waals surface area contributed by atoms with Gasteiger partial charge in [0.25, 0.3) is 0 Å². The molecule has 0 aliphatic heterocycles. The number of phosphoric acid groups is 2. The Kier molecular flexibility index (Phi) is 75.4. The van der Waals surface area contributed by atoms with Crippen LogP contribution in [0.5, 0.6) is 0 Å². The summed E-state index contributed by atoms with van der Waals surface area (Å²) in [5.41, 5.74) is 0. The first kappa shape index (κ1) is 102. The van der Waals surface area contributed by atoms with Gasteiger partial charge < -0.3 is 33.8 Å². The van der Waals surface area contributed by atoms with Gasteiger partial charge in [-0.3, -0.25) is 37.3 Å². The summed E-state index contributed by atoms with van der Waals surface area (Å²) >= 11 is 0. The van der Waals surface area contributed by atoms with Crippen LogP contribution in [-0.2, 0) is 65.4 Å². The largest absolute Gasteiger partial charge is 0.472 e. The molecule has 0 heterocycles. The number of carbonyl (C=O) groups excluding carboxylic acids is 4. The highest BCUT2D eigenvalue weighted by Gasteiger charge is 2.30. The third-order valence-corrected chi connectivity index (χ3v) is 18.6. The Morgan fingerprint density at radius 2 is 0.500 bits per heavy atom. The van der Waals surface area contributed by atoms with Crippen LogP contribution >= 0.6 is 15.6 Å². The summed E-state index contributed by atoms with van der Waals surface area (Å²) in [4.78, 5) is 73.1. The molecule has 0 bridgehead atoms. The lowest BCUT2D eigenvalue weighted by Gasteiger charge is -2.21. The van der Waals surface area contributed by atoms with Gasteiger partial charge in [0.1, 0.15) is 19.3 Å². The van der Waals surface area contributed by atoms with Crippen LogP contribution in [0.2, 0.25) is 0 Å². The van der Waals surface area contributed by atoms with E-state index in [2.05, 4.69) is 161 Å². The fourth-order valence-electron chi connectivity index (χ4n) is 10.4. The number of hydrogen-bond donors (Lipinski definition) is 3. The van der Waals surface area contributed by atoms with Crippen molar-refractivity contribution in [2.75, 3.05) is 39.6 Å². The van der Waals surface area contributed by atoms with Crippen molar-refractivity contribution in [3.05, 3.63) is 170 Å². The molecule has 0 saturated heterocycles. The average Bonchev–Trinajstić information content (AvgIpc) is 0.907. The summed E-state index contributed by atoms with van der Waals surface area (Å²) in [6.07, 6.45) is 95.0. The Morgan fingerprint density at radius 1 is 0.269 bits per heavy atom. The normalized spacial score (nSPS) is 14.7. The van der Waals surface area contributed by atoms with Gasteiger partial charge in [-0.15, -0.1) is 0 Å². The van der Waals surface area contributed by atoms with Crippen LogP contribution in [0, 0.1) is 0 Å². The number of phosphoric ester groups is 2. The van der Waals surface area contributed by atoms with E-state index >= 15 is 0 Å². The summed E-state index contributed by atoms with van der Waals surface area (Å²) in [5.74, 6) is -2.39.